The summed E-state index contributed by atoms with van der Waals surface area (Å²) in [6, 6.07) is 0. The van der Waals surface area contributed by atoms with Crippen molar-refractivity contribution in [1.29, 1.82) is 0 Å². The molecule has 0 bridgehead atoms. The highest BCUT2D eigenvalue weighted by Gasteiger charge is 1.79. The summed E-state index contributed by atoms with van der Waals surface area (Å²) in [4.78, 5) is 0. The average Bonchev–Trinajstić information content (AvgIpc) is 1.69. The van der Waals surface area contributed by atoms with Crippen molar-refractivity contribution in [2.45, 2.75) is 19.8 Å². The van der Waals surface area contributed by atoms with E-state index in [4.69, 9.17) is 0 Å². The lowest BCUT2D eigenvalue weighted by atomic mass is 10.4. The van der Waals surface area contributed by atoms with Crippen LogP contribution in [0.25, 0.3) is 0 Å². The highest BCUT2D eigenvalue weighted by molar-refractivity contribution is 7.48. The number of unbranched alkanes of at least 4 members (excludes halogenated alkanes) is 1. The van der Waals surface area contributed by atoms with Crippen LogP contribution >= 0.6 is 17.8 Å². The Balaban J connectivity index is 2.45. The minimum atomic E-state index is 1.18. The topological polar surface area (TPSA) is 0 Å². The van der Waals surface area contributed by atoms with Gasteiger partial charge in [-0.1, -0.05) is 13.3 Å². The van der Waals surface area contributed by atoms with Gasteiger partial charge in [-0.3, -0.25) is 0 Å². The zero-order valence-electron chi connectivity index (χ0n) is 4.91. The first-order chi connectivity index (χ1) is 3.41. The average molecular weight is 136 g/mol. The fourth-order valence-electron chi connectivity index (χ4n) is 0.404. The van der Waals surface area contributed by atoms with Gasteiger partial charge >= 0.3 is 0 Å². The third kappa shape index (κ3) is 6.86. The van der Waals surface area contributed by atoms with Gasteiger partial charge < -0.3 is 0 Å². The maximum Gasteiger partial charge on any atom is -0.0203 e. The van der Waals surface area contributed by atoms with E-state index in [9.17, 15) is 0 Å². The Morgan fingerprint density at radius 3 is 2.71 bits per heavy atom. The monoisotopic (exact) mass is 136 g/mol. The highest BCUT2D eigenvalue weighted by Crippen LogP contribution is 2.14. The van der Waals surface area contributed by atoms with E-state index >= 15 is 0 Å². The molecule has 0 spiro atoms. The van der Waals surface area contributed by atoms with Gasteiger partial charge in [0, 0.05) is 0 Å². The van der Waals surface area contributed by atoms with E-state index in [-0.39, 0.29) is 0 Å². The normalized spacial score (nSPS) is 11.1. The van der Waals surface area contributed by atoms with Crippen molar-refractivity contribution in [2.24, 2.45) is 0 Å². The standard InChI is InChI=1S/C5H14P2/c1-2-3-4-7-5-6/h7H,2-6H2,1H3. The van der Waals surface area contributed by atoms with Gasteiger partial charge in [0.05, 0.1) is 0 Å². The first kappa shape index (κ1) is 7.86. The molecule has 7 heavy (non-hydrogen) atoms. The molecule has 2 heteroatoms. The second kappa shape index (κ2) is 6.86. The zero-order chi connectivity index (χ0) is 5.54. The Morgan fingerprint density at radius 2 is 2.29 bits per heavy atom. The van der Waals surface area contributed by atoms with Crippen LogP contribution in [0.1, 0.15) is 19.8 Å². The van der Waals surface area contributed by atoms with Crippen LogP contribution in [-0.2, 0) is 0 Å². The first-order valence-electron chi connectivity index (χ1n) is 2.82. The van der Waals surface area contributed by atoms with E-state index in [0.29, 0.717) is 0 Å². The smallest absolute Gasteiger partial charge is 0.0203 e. The molecule has 44 valence electrons. The van der Waals surface area contributed by atoms with Crippen LogP contribution in [0, 0.1) is 0 Å². The molecular weight excluding hydrogens is 122 g/mol. The van der Waals surface area contributed by atoms with Crippen LogP contribution in [0.15, 0.2) is 0 Å². The fourth-order valence-corrected chi connectivity index (χ4v) is 1.82. The molecule has 0 aliphatic carbocycles. The predicted octanol–water partition coefficient (Wildman–Crippen LogP) is 2.30. The summed E-state index contributed by atoms with van der Waals surface area (Å²) in [7, 11) is 3.95. The highest BCUT2D eigenvalue weighted by atomic mass is 31.1. The minimum absolute atomic E-state index is 1.18. The second-order valence-electron chi connectivity index (χ2n) is 1.56. The molecule has 0 radical (unpaired) electrons. The molecule has 0 N–H and O–H groups in total. The van der Waals surface area contributed by atoms with Crippen molar-refractivity contribution in [2.75, 3.05) is 12.1 Å². The Kier molecular flexibility index (Phi) is 7.70. The third-order valence-corrected chi connectivity index (χ3v) is 2.71. The van der Waals surface area contributed by atoms with Crippen molar-refractivity contribution in [3.8, 4) is 0 Å². The van der Waals surface area contributed by atoms with Gasteiger partial charge in [-0.25, -0.2) is 0 Å². The van der Waals surface area contributed by atoms with Gasteiger partial charge in [0.1, 0.15) is 0 Å². The predicted molar refractivity (Wildman–Crippen MR) is 42.7 cm³/mol. The van der Waals surface area contributed by atoms with E-state index in [1.807, 2.05) is 0 Å². The molecule has 0 nitrogen and oxygen atoms in total. The van der Waals surface area contributed by atoms with E-state index in [2.05, 4.69) is 16.2 Å². The van der Waals surface area contributed by atoms with Crippen molar-refractivity contribution >= 4 is 17.8 Å². The lowest BCUT2D eigenvalue weighted by Gasteiger charge is -1.91. The largest absolute Gasteiger partial charge is 0.133 e. The Bertz CT molecular complexity index is 25.3. The van der Waals surface area contributed by atoms with E-state index in [1.54, 1.807) is 0 Å². The molecule has 0 saturated carbocycles. The second-order valence-corrected chi connectivity index (χ2v) is 4.19. The van der Waals surface area contributed by atoms with Gasteiger partial charge in [0.2, 0.25) is 0 Å². The van der Waals surface area contributed by atoms with Crippen LogP contribution in [0.5, 0.6) is 0 Å². The minimum Gasteiger partial charge on any atom is -0.133 e. The summed E-state index contributed by atoms with van der Waals surface area (Å²) in [5, 5.41) is 0. The van der Waals surface area contributed by atoms with Crippen LogP contribution in [0.3, 0.4) is 0 Å². The van der Waals surface area contributed by atoms with Crippen molar-refractivity contribution in [3.05, 3.63) is 0 Å². The van der Waals surface area contributed by atoms with Gasteiger partial charge in [-0.2, -0.15) is 0 Å². The molecule has 0 aliphatic heterocycles. The molecule has 0 saturated heterocycles. The Labute approximate surface area is 50.4 Å². The van der Waals surface area contributed by atoms with Crippen molar-refractivity contribution < 1.29 is 0 Å². The molecule has 0 aromatic carbocycles. The Morgan fingerprint density at radius 1 is 1.57 bits per heavy atom. The molecule has 0 heterocycles. The van der Waals surface area contributed by atoms with Gasteiger partial charge in [-0.15, -0.1) is 17.8 Å². The molecule has 2 atom stereocenters. The van der Waals surface area contributed by atoms with Crippen LogP contribution in [-0.4, -0.2) is 12.1 Å². The summed E-state index contributed by atoms with van der Waals surface area (Å²) < 4.78 is 0. The van der Waals surface area contributed by atoms with Crippen LogP contribution < -0.4 is 0 Å². The summed E-state index contributed by atoms with van der Waals surface area (Å²) in [6.45, 7) is 2.24. The molecular formula is C5H14P2. The van der Waals surface area contributed by atoms with Crippen molar-refractivity contribution in [3.63, 3.8) is 0 Å². The van der Waals surface area contributed by atoms with Gasteiger partial charge in [0.15, 0.2) is 0 Å². The maximum atomic E-state index is 2.76. The van der Waals surface area contributed by atoms with Crippen LogP contribution in [0.2, 0.25) is 0 Å². The van der Waals surface area contributed by atoms with Gasteiger partial charge in [-0.05, 0) is 18.5 Å². The van der Waals surface area contributed by atoms with E-state index in [0.717, 1.165) is 0 Å². The summed E-state index contributed by atoms with van der Waals surface area (Å²) in [5.74, 6) is 1.31. The summed E-state index contributed by atoms with van der Waals surface area (Å²) in [5.41, 5.74) is 0. The lowest BCUT2D eigenvalue weighted by Crippen LogP contribution is -1.71. The molecule has 0 rings (SSSR count). The van der Waals surface area contributed by atoms with Crippen molar-refractivity contribution in [1.82, 2.24) is 0 Å². The quantitative estimate of drug-likeness (QED) is 0.411. The molecule has 2 unspecified atom stereocenters. The molecule has 0 aromatic rings. The van der Waals surface area contributed by atoms with E-state index in [1.165, 1.54) is 33.5 Å². The van der Waals surface area contributed by atoms with E-state index < -0.39 is 0 Å². The maximum absolute atomic E-state index is 2.76. The summed E-state index contributed by atoms with van der Waals surface area (Å²) >= 11 is 0. The zero-order valence-corrected chi connectivity index (χ0v) is 7.06. The number of hydrogen-bond acceptors (Lipinski definition) is 0. The van der Waals surface area contributed by atoms with Gasteiger partial charge in [0.25, 0.3) is 0 Å². The number of hydrogen-bond donors (Lipinski definition) is 0. The van der Waals surface area contributed by atoms with Crippen LogP contribution in [0.4, 0.5) is 0 Å². The molecule has 0 aromatic heterocycles. The first-order valence-corrected chi connectivity index (χ1v) is 5.05. The SMILES string of the molecule is CCCCPCP. The molecule has 0 amide bonds. The third-order valence-electron chi connectivity index (χ3n) is 0.851. The Hall–Kier alpha value is 0.860. The lowest BCUT2D eigenvalue weighted by molar-refractivity contribution is 0.894. The number of rotatable bonds is 4. The fraction of sp³-hybridized carbons (Fsp3) is 1.00. The molecule has 0 aliphatic rings. The molecule has 0 fully saturated rings. The summed E-state index contributed by atoms with van der Waals surface area (Å²) in [6.07, 6.45) is 4.23.